The summed E-state index contributed by atoms with van der Waals surface area (Å²) in [6.45, 7) is 1.69. The predicted octanol–water partition coefficient (Wildman–Crippen LogP) is 4.32. The summed E-state index contributed by atoms with van der Waals surface area (Å²) < 4.78 is 1.01. The van der Waals surface area contributed by atoms with Gasteiger partial charge in [-0.25, -0.2) is 0 Å². The SMILES string of the molecule is CN(Cc1ccc(Cl)cc1)Cc1ccc(Br)cc1N. The van der Waals surface area contributed by atoms with Gasteiger partial charge in [0.2, 0.25) is 0 Å². The molecule has 0 saturated carbocycles. The molecule has 0 aliphatic carbocycles. The van der Waals surface area contributed by atoms with Crippen LogP contribution >= 0.6 is 27.5 Å². The fourth-order valence-corrected chi connectivity index (χ4v) is 2.46. The van der Waals surface area contributed by atoms with Crippen LogP contribution in [0.2, 0.25) is 5.02 Å². The van der Waals surface area contributed by atoms with Crippen LogP contribution in [0.25, 0.3) is 0 Å². The zero-order valence-corrected chi connectivity index (χ0v) is 13.1. The Hall–Kier alpha value is -1.03. The minimum Gasteiger partial charge on any atom is -0.398 e. The van der Waals surface area contributed by atoms with E-state index in [9.17, 15) is 0 Å². The van der Waals surface area contributed by atoms with Crippen LogP contribution in [-0.4, -0.2) is 11.9 Å². The van der Waals surface area contributed by atoms with Gasteiger partial charge in [-0.2, -0.15) is 0 Å². The molecule has 0 saturated heterocycles. The lowest BCUT2D eigenvalue weighted by Crippen LogP contribution is -2.18. The van der Waals surface area contributed by atoms with Crippen LogP contribution in [0.15, 0.2) is 46.9 Å². The Labute approximate surface area is 127 Å². The van der Waals surface area contributed by atoms with Crippen molar-refractivity contribution in [1.82, 2.24) is 4.90 Å². The van der Waals surface area contributed by atoms with Gasteiger partial charge in [0.1, 0.15) is 0 Å². The van der Waals surface area contributed by atoms with E-state index in [-0.39, 0.29) is 0 Å². The molecule has 2 rings (SSSR count). The second kappa shape index (κ2) is 6.42. The van der Waals surface area contributed by atoms with Crippen LogP contribution in [-0.2, 0) is 13.1 Å². The molecule has 0 amide bonds. The van der Waals surface area contributed by atoms with E-state index in [1.54, 1.807) is 0 Å². The summed E-state index contributed by atoms with van der Waals surface area (Å²) in [5, 5.41) is 0.767. The van der Waals surface area contributed by atoms with Crippen molar-refractivity contribution in [2.75, 3.05) is 12.8 Å². The lowest BCUT2D eigenvalue weighted by molar-refractivity contribution is 0.319. The minimum absolute atomic E-state index is 0.767. The maximum absolute atomic E-state index is 6.01. The highest BCUT2D eigenvalue weighted by Crippen LogP contribution is 2.20. The van der Waals surface area contributed by atoms with Gasteiger partial charge in [-0.1, -0.05) is 45.7 Å². The Bertz CT molecular complexity index is 555. The van der Waals surface area contributed by atoms with Gasteiger partial charge < -0.3 is 5.73 Å². The van der Waals surface area contributed by atoms with E-state index >= 15 is 0 Å². The molecule has 0 aliphatic heterocycles. The topological polar surface area (TPSA) is 29.3 Å². The van der Waals surface area contributed by atoms with E-state index in [1.807, 2.05) is 36.4 Å². The van der Waals surface area contributed by atoms with Gasteiger partial charge in [0.05, 0.1) is 0 Å². The molecule has 19 heavy (non-hydrogen) atoms. The van der Waals surface area contributed by atoms with E-state index in [1.165, 1.54) is 5.56 Å². The summed E-state index contributed by atoms with van der Waals surface area (Å²) in [7, 11) is 2.08. The van der Waals surface area contributed by atoms with E-state index in [4.69, 9.17) is 17.3 Å². The predicted molar refractivity (Wildman–Crippen MR) is 85.2 cm³/mol. The molecule has 2 nitrogen and oxygen atoms in total. The Kier molecular flexibility index (Phi) is 4.86. The third-order valence-electron chi connectivity index (χ3n) is 2.91. The zero-order valence-electron chi connectivity index (χ0n) is 10.7. The minimum atomic E-state index is 0.767. The van der Waals surface area contributed by atoms with Crippen molar-refractivity contribution >= 4 is 33.2 Å². The highest BCUT2D eigenvalue weighted by atomic mass is 79.9. The molecule has 0 atom stereocenters. The zero-order chi connectivity index (χ0) is 13.8. The quantitative estimate of drug-likeness (QED) is 0.841. The first-order valence-electron chi connectivity index (χ1n) is 6.01. The molecule has 0 bridgehead atoms. The third kappa shape index (κ3) is 4.23. The molecule has 0 aromatic heterocycles. The Morgan fingerprint density at radius 1 is 1.11 bits per heavy atom. The maximum atomic E-state index is 6.01. The molecule has 0 aliphatic rings. The summed E-state index contributed by atoms with van der Waals surface area (Å²) in [6.07, 6.45) is 0. The largest absolute Gasteiger partial charge is 0.398 e. The number of nitrogen functional groups attached to an aromatic ring is 1. The molecule has 2 aromatic rings. The van der Waals surface area contributed by atoms with Gasteiger partial charge in [-0.15, -0.1) is 0 Å². The number of nitrogens with zero attached hydrogens (tertiary/aromatic N) is 1. The normalized spacial score (nSPS) is 10.9. The lowest BCUT2D eigenvalue weighted by Gasteiger charge is -2.18. The summed E-state index contributed by atoms with van der Waals surface area (Å²) in [4.78, 5) is 2.23. The molecular weight excluding hydrogens is 324 g/mol. The van der Waals surface area contributed by atoms with Crippen LogP contribution in [0, 0.1) is 0 Å². The van der Waals surface area contributed by atoms with Gasteiger partial charge in [0.25, 0.3) is 0 Å². The number of anilines is 1. The molecular formula is C15H16BrClN2. The van der Waals surface area contributed by atoms with Crippen molar-refractivity contribution < 1.29 is 0 Å². The average Bonchev–Trinajstić information content (AvgIpc) is 2.36. The molecule has 100 valence electrons. The van der Waals surface area contributed by atoms with Crippen molar-refractivity contribution in [3.05, 3.63) is 63.1 Å². The lowest BCUT2D eigenvalue weighted by atomic mass is 10.1. The third-order valence-corrected chi connectivity index (χ3v) is 3.66. The summed E-state index contributed by atoms with van der Waals surface area (Å²) >= 11 is 9.30. The summed E-state index contributed by atoms with van der Waals surface area (Å²) in [6, 6.07) is 13.9. The Morgan fingerprint density at radius 2 is 1.79 bits per heavy atom. The van der Waals surface area contributed by atoms with Gasteiger partial charge in [-0.05, 0) is 42.4 Å². The van der Waals surface area contributed by atoms with E-state index in [0.29, 0.717) is 0 Å². The van der Waals surface area contributed by atoms with Gasteiger partial charge >= 0.3 is 0 Å². The molecule has 0 spiro atoms. The smallest absolute Gasteiger partial charge is 0.0406 e. The second-order valence-corrected chi connectivity index (χ2v) is 5.99. The van der Waals surface area contributed by atoms with Crippen LogP contribution in [0.4, 0.5) is 5.69 Å². The summed E-state index contributed by atoms with van der Waals surface area (Å²) in [5.74, 6) is 0. The van der Waals surface area contributed by atoms with Crippen LogP contribution in [0.5, 0.6) is 0 Å². The van der Waals surface area contributed by atoms with Crippen LogP contribution < -0.4 is 5.73 Å². The first kappa shape index (κ1) is 14.4. The number of hydrogen-bond donors (Lipinski definition) is 1. The van der Waals surface area contributed by atoms with Crippen molar-refractivity contribution in [3.8, 4) is 0 Å². The van der Waals surface area contributed by atoms with Crippen LogP contribution in [0.1, 0.15) is 11.1 Å². The van der Waals surface area contributed by atoms with Gasteiger partial charge in [0, 0.05) is 28.3 Å². The van der Waals surface area contributed by atoms with Gasteiger partial charge in [-0.3, -0.25) is 4.90 Å². The van der Waals surface area contributed by atoms with E-state index in [0.717, 1.165) is 33.8 Å². The van der Waals surface area contributed by atoms with Crippen molar-refractivity contribution in [1.29, 1.82) is 0 Å². The molecule has 2 aromatic carbocycles. The fraction of sp³-hybridized carbons (Fsp3) is 0.200. The number of halogens is 2. The van der Waals surface area contributed by atoms with Gasteiger partial charge in [0.15, 0.2) is 0 Å². The number of benzene rings is 2. The number of rotatable bonds is 4. The highest BCUT2D eigenvalue weighted by molar-refractivity contribution is 9.10. The Balaban J connectivity index is 2.01. The summed E-state index contributed by atoms with van der Waals surface area (Å²) in [5.41, 5.74) is 9.20. The highest BCUT2D eigenvalue weighted by Gasteiger charge is 2.05. The molecule has 0 unspecified atom stereocenters. The standard InChI is InChI=1S/C15H16BrClN2/c1-19(9-11-2-6-14(17)7-3-11)10-12-4-5-13(16)8-15(12)18/h2-8H,9-10,18H2,1H3. The molecule has 0 radical (unpaired) electrons. The van der Waals surface area contributed by atoms with E-state index < -0.39 is 0 Å². The van der Waals surface area contributed by atoms with Crippen LogP contribution in [0.3, 0.4) is 0 Å². The molecule has 0 heterocycles. The number of hydrogen-bond acceptors (Lipinski definition) is 2. The van der Waals surface area contributed by atoms with Crippen molar-refractivity contribution in [2.24, 2.45) is 0 Å². The monoisotopic (exact) mass is 338 g/mol. The maximum Gasteiger partial charge on any atom is 0.0406 e. The Morgan fingerprint density at radius 3 is 2.42 bits per heavy atom. The van der Waals surface area contributed by atoms with Crippen molar-refractivity contribution in [3.63, 3.8) is 0 Å². The molecule has 4 heteroatoms. The molecule has 2 N–H and O–H groups in total. The second-order valence-electron chi connectivity index (χ2n) is 4.64. The fourth-order valence-electron chi connectivity index (χ4n) is 1.96. The number of nitrogens with two attached hydrogens (primary N) is 1. The van der Waals surface area contributed by atoms with E-state index in [2.05, 4.69) is 33.9 Å². The first-order valence-corrected chi connectivity index (χ1v) is 7.18. The van der Waals surface area contributed by atoms with Crippen molar-refractivity contribution in [2.45, 2.75) is 13.1 Å². The first-order chi connectivity index (χ1) is 9.04. The average molecular weight is 340 g/mol. The molecule has 0 fully saturated rings.